The number of nitro groups is 1. The minimum atomic E-state index is -0.961. The van der Waals surface area contributed by atoms with E-state index in [1.54, 1.807) is 11.8 Å². The van der Waals surface area contributed by atoms with E-state index in [1.807, 2.05) is 0 Å². The first-order valence-corrected chi connectivity index (χ1v) is 7.59. The van der Waals surface area contributed by atoms with E-state index in [0.717, 1.165) is 43.6 Å². The number of nitro benzene ring substituents is 1. The van der Waals surface area contributed by atoms with Crippen LogP contribution < -0.4 is 5.32 Å². The number of halogens is 1. The second-order valence-electron chi connectivity index (χ2n) is 4.66. The van der Waals surface area contributed by atoms with Gasteiger partial charge in [-0.15, -0.1) is 0 Å². The predicted molar refractivity (Wildman–Crippen MR) is 78.4 cm³/mol. The third-order valence-electron chi connectivity index (χ3n) is 3.21. The van der Waals surface area contributed by atoms with Crippen molar-refractivity contribution < 1.29 is 18.8 Å². The fraction of sp³-hybridized carbons (Fsp3) is 0.462. The van der Waals surface area contributed by atoms with Gasteiger partial charge in [-0.3, -0.25) is 10.1 Å². The van der Waals surface area contributed by atoms with Gasteiger partial charge in [0.25, 0.3) is 5.69 Å². The van der Waals surface area contributed by atoms with E-state index in [4.69, 9.17) is 0 Å². The molecule has 8 heteroatoms. The highest BCUT2D eigenvalue weighted by atomic mass is 32.2. The molecule has 2 rings (SSSR count). The molecular weight excluding hydrogens is 299 g/mol. The number of rotatable bonds is 4. The van der Waals surface area contributed by atoms with Crippen LogP contribution in [0.2, 0.25) is 0 Å². The fourth-order valence-electron chi connectivity index (χ4n) is 2.17. The Morgan fingerprint density at radius 1 is 1.57 bits per heavy atom. The second-order valence-corrected chi connectivity index (χ2v) is 5.81. The normalized spacial score (nSPS) is 18.1. The van der Waals surface area contributed by atoms with Crippen molar-refractivity contribution in [3.63, 3.8) is 0 Å². The number of hydrogen-bond acceptors (Lipinski definition) is 6. The predicted octanol–water partition coefficient (Wildman–Crippen LogP) is 2.83. The maximum absolute atomic E-state index is 13.8. The van der Waals surface area contributed by atoms with Crippen molar-refractivity contribution in [2.24, 2.45) is 0 Å². The van der Waals surface area contributed by atoms with Gasteiger partial charge in [0.1, 0.15) is 11.5 Å². The molecule has 1 aromatic carbocycles. The third-order valence-corrected chi connectivity index (χ3v) is 4.42. The Morgan fingerprint density at radius 2 is 2.33 bits per heavy atom. The number of carbonyl (C=O) groups is 1. The first kappa shape index (κ1) is 15.6. The summed E-state index contributed by atoms with van der Waals surface area (Å²) in [6.45, 7) is 0. The smallest absolute Gasteiger partial charge is 0.340 e. The monoisotopic (exact) mass is 314 g/mol. The maximum atomic E-state index is 13.8. The van der Waals surface area contributed by atoms with E-state index in [0.29, 0.717) is 0 Å². The van der Waals surface area contributed by atoms with Crippen LogP contribution in [0.15, 0.2) is 12.1 Å². The summed E-state index contributed by atoms with van der Waals surface area (Å²) >= 11 is 1.76. The van der Waals surface area contributed by atoms with Crippen molar-refractivity contribution in [3.8, 4) is 0 Å². The summed E-state index contributed by atoms with van der Waals surface area (Å²) < 4.78 is 18.3. The largest absolute Gasteiger partial charge is 0.465 e. The van der Waals surface area contributed by atoms with E-state index in [1.165, 1.54) is 0 Å². The topological polar surface area (TPSA) is 81.5 Å². The summed E-state index contributed by atoms with van der Waals surface area (Å²) in [5, 5.41) is 14.1. The van der Waals surface area contributed by atoms with Crippen LogP contribution in [-0.2, 0) is 4.74 Å². The van der Waals surface area contributed by atoms with Crippen LogP contribution >= 0.6 is 11.8 Å². The van der Waals surface area contributed by atoms with E-state index in [9.17, 15) is 19.3 Å². The molecule has 21 heavy (non-hydrogen) atoms. The number of carbonyl (C=O) groups excluding carboxylic acids is 1. The summed E-state index contributed by atoms with van der Waals surface area (Å²) in [4.78, 5) is 21.9. The molecule has 0 saturated carbocycles. The molecule has 0 spiro atoms. The Balaban J connectivity index is 2.35. The standard InChI is InChI=1S/C13H15FN2O4S/c1-20-13(17)9-5-11(12(16(18)19)6-10(9)14)15-8-3-2-4-21-7-8/h5-6,8,15H,2-4,7H2,1H3. The van der Waals surface area contributed by atoms with Gasteiger partial charge in [-0.05, 0) is 24.7 Å². The SMILES string of the molecule is COC(=O)c1cc(NC2CCCSC2)c([N+](=O)[O-])cc1F. The van der Waals surface area contributed by atoms with Crippen LogP contribution in [0.3, 0.4) is 0 Å². The quantitative estimate of drug-likeness (QED) is 0.523. The highest BCUT2D eigenvalue weighted by Gasteiger charge is 2.24. The van der Waals surface area contributed by atoms with Crippen molar-refractivity contribution in [3.05, 3.63) is 33.6 Å². The molecule has 0 radical (unpaired) electrons. The molecule has 1 N–H and O–H groups in total. The number of anilines is 1. The van der Waals surface area contributed by atoms with E-state index in [-0.39, 0.29) is 23.0 Å². The van der Waals surface area contributed by atoms with Gasteiger partial charge in [0, 0.05) is 11.8 Å². The zero-order valence-electron chi connectivity index (χ0n) is 11.4. The minimum Gasteiger partial charge on any atom is -0.465 e. The van der Waals surface area contributed by atoms with Gasteiger partial charge in [-0.1, -0.05) is 0 Å². The lowest BCUT2D eigenvalue weighted by molar-refractivity contribution is -0.384. The lowest BCUT2D eigenvalue weighted by atomic mass is 10.1. The molecule has 1 aliphatic heterocycles. The van der Waals surface area contributed by atoms with Gasteiger partial charge in [0.05, 0.1) is 23.7 Å². The third kappa shape index (κ3) is 3.63. The zero-order valence-corrected chi connectivity index (χ0v) is 12.2. The van der Waals surface area contributed by atoms with E-state index >= 15 is 0 Å². The van der Waals surface area contributed by atoms with Gasteiger partial charge < -0.3 is 10.1 Å². The first-order valence-electron chi connectivity index (χ1n) is 6.43. The van der Waals surface area contributed by atoms with E-state index in [2.05, 4.69) is 10.1 Å². The Labute approximate surface area is 125 Å². The van der Waals surface area contributed by atoms with Gasteiger partial charge in [0.2, 0.25) is 0 Å². The zero-order chi connectivity index (χ0) is 15.4. The number of nitrogens with zero attached hydrogens (tertiary/aromatic N) is 1. The molecule has 0 aromatic heterocycles. The summed E-state index contributed by atoms with van der Waals surface area (Å²) in [6.07, 6.45) is 1.90. The number of thioether (sulfide) groups is 1. The van der Waals surface area contributed by atoms with Gasteiger partial charge in [0.15, 0.2) is 0 Å². The lowest BCUT2D eigenvalue weighted by Gasteiger charge is -2.23. The summed E-state index contributed by atoms with van der Waals surface area (Å²) in [5.74, 6) is 0.0692. The minimum absolute atomic E-state index is 0.0680. The van der Waals surface area contributed by atoms with Crippen molar-refractivity contribution in [2.45, 2.75) is 18.9 Å². The van der Waals surface area contributed by atoms with Gasteiger partial charge in [-0.2, -0.15) is 11.8 Å². The number of ether oxygens (including phenoxy) is 1. The van der Waals surface area contributed by atoms with Gasteiger partial charge >= 0.3 is 5.97 Å². The van der Waals surface area contributed by atoms with Crippen LogP contribution in [-0.4, -0.2) is 35.5 Å². The van der Waals surface area contributed by atoms with E-state index < -0.39 is 16.7 Å². The molecule has 1 aliphatic rings. The number of methoxy groups -OCH3 is 1. The molecular formula is C13H15FN2O4S. The van der Waals surface area contributed by atoms with Crippen LogP contribution in [0.1, 0.15) is 23.2 Å². The van der Waals surface area contributed by atoms with Crippen LogP contribution in [0.5, 0.6) is 0 Å². The summed E-state index contributed by atoms with van der Waals surface area (Å²) in [5.41, 5.74) is -0.543. The molecule has 1 unspecified atom stereocenters. The lowest BCUT2D eigenvalue weighted by Crippen LogP contribution is -2.26. The highest BCUT2D eigenvalue weighted by molar-refractivity contribution is 7.99. The Hall–Kier alpha value is -1.83. The molecule has 0 bridgehead atoms. The number of nitrogens with one attached hydrogen (secondary N) is 1. The molecule has 6 nitrogen and oxygen atoms in total. The number of benzene rings is 1. The first-order chi connectivity index (χ1) is 10.0. The maximum Gasteiger partial charge on any atom is 0.340 e. The highest BCUT2D eigenvalue weighted by Crippen LogP contribution is 2.30. The Morgan fingerprint density at radius 3 is 2.90 bits per heavy atom. The molecule has 0 aliphatic carbocycles. The molecule has 1 fully saturated rings. The van der Waals surface area contributed by atoms with Crippen molar-refractivity contribution >= 4 is 29.1 Å². The van der Waals surface area contributed by atoms with Crippen LogP contribution in [0.25, 0.3) is 0 Å². The summed E-state index contributed by atoms with van der Waals surface area (Å²) in [6, 6.07) is 1.97. The van der Waals surface area contributed by atoms with Crippen molar-refractivity contribution in [2.75, 3.05) is 23.9 Å². The number of hydrogen-bond donors (Lipinski definition) is 1. The van der Waals surface area contributed by atoms with Crippen molar-refractivity contribution in [1.29, 1.82) is 0 Å². The Kier molecular flexibility index (Phi) is 5.00. The van der Waals surface area contributed by atoms with Crippen LogP contribution in [0.4, 0.5) is 15.8 Å². The molecule has 0 amide bonds. The summed E-state index contributed by atoms with van der Waals surface area (Å²) in [7, 11) is 1.13. The average molecular weight is 314 g/mol. The molecule has 1 heterocycles. The molecule has 114 valence electrons. The van der Waals surface area contributed by atoms with Crippen LogP contribution in [0, 0.1) is 15.9 Å². The molecule has 1 aromatic rings. The van der Waals surface area contributed by atoms with Crippen molar-refractivity contribution in [1.82, 2.24) is 0 Å². The molecule has 1 saturated heterocycles. The molecule has 1 atom stereocenters. The second kappa shape index (κ2) is 6.75. The Bertz CT molecular complexity index is 561. The fourth-order valence-corrected chi connectivity index (χ4v) is 3.24. The average Bonchev–Trinajstić information content (AvgIpc) is 2.48. The van der Waals surface area contributed by atoms with Gasteiger partial charge in [-0.25, -0.2) is 9.18 Å². The number of esters is 1.